The van der Waals surface area contributed by atoms with Crippen molar-refractivity contribution in [3.05, 3.63) is 34.5 Å². The summed E-state index contributed by atoms with van der Waals surface area (Å²) in [5.74, 6) is 1.56. The largest absolute Gasteiger partial charge is 0.472 e. The quantitative estimate of drug-likeness (QED) is 0.849. The minimum Gasteiger partial charge on any atom is -0.472 e. The molecule has 0 saturated carbocycles. The second-order valence-corrected chi connectivity index (χ2v) is 7.30. The summed E-state index contributed by atoms with van der Waals surface area (Å²) in [5, 5.41) is 7.49. The second-order valence-electron chi connectivity index (χ2n) is 7.30. The third-order valence-electron chi connectivity index (χ3n) is 5.18. The summed E-state index contributed by atoms with van der Waals surface area (Å²) < 4.78 is 8.13. The van der Waals surface area contributed by atoms with Crippen LogP contribution in [0.4, 0.5) is 0 Å². The summed E-state index contributed by atoms with van der Waals surface area (Å²) in [6.07, 6.45) is 1.48. The molecule has 4 rings (SSSR count). The first-order chi connectivity index (χ1) is 13.0. The molecule has 0 spiro atoms. The Balaban J connectivity index is 1.36. The minimum absolute atomic E-state index is 0.0502. The summed E-state index contributed by atoms with van der Waals surface area (Å²) in [5.41, 5.74) is 4.26. The number of aromatic nitrogens is 4. The van der Waals surface area contributed by atoms with E-state index in [2.05, 4.69) is 31.3 Å². The molecule has 0 aliphatic carbocycles. The van der Waals surface area contributed by atoms with Gasteiger partial charge in [0.25, 0.3) is 0 Å². The first kappa shape index (κ1) is 17.9. The smallest absolute Gasteiger partial charge is 0.220 e. The lowest BCUT2D eigenvalue weighted by molar-refractivity contribution is -0.120. The van der Waals surface area contributed by atoms with Crippen LogP contribution in [-0.4, -0.2) is 49.7 Å². The summed E-state index contributed by atoms with van der Waals surface area (Å²) in [7, 11) is 0. The SMILES string of the molecule is CCC(=O)NCc1cc2n(n1)CCN(C[C@H]1Cc3c(C)nc(C)nc3O1)C2. The molecule has 1 N–H and O–H groups in total. The van der Waals surface area contributed by atoms with E-state index in [-0.39, 0.29) is 12.0 Å². The number of hydrogen-bond acceptors (Lipinski definition) is 6. The number of carbonyl (C=O) groups is 1. The van der Waals surface area contributed by atoms with Crippen molar-refractivity contribution in [2.75, 3.05) is 13.1 Å². The van der Waals surface area contributed by atoms with E-state index >= 15 is 0 Å². The average Bonchev–Trinajstić information content (AvgIpc) is 3.22. The molecule has 0 radical (unpaired) electrons. The van der Waals surface area contributed by atoms with E-state index in [1.807, 2.05) is 25.5 Å². The number of nitrogens with zero attached hydrogens (tertiary/aromatic N) is 5. The first-order valence-corrected chi connectivity index (χ1v) is 9.57. The number of rotatable bonds is 5. The number of nitrogens with one attached hydrogen (secondary N) is 1. The van der Waals surface area contributed by atoms with Gasteiger partial charge in [-0.15, -0.1) is 0 Å². The van der Waals surface area contributed by atoms with Gasteiger partial charge in [0.15, 0.2) is 0 Å². The second kappa shape index (κ2) is 7.26. The van der Waals surface area contributed by atoms with Crippen molar-refractivity contribution in [1.82, 2.24) is 30.0 Å². The van der Waals surface area contributed by atoms with E-state index < -0.39 is 0 Å². The van der Waals surface area contributed by atoms with Crippen LogP contribution in [0.2, 0.25) is 0 Å². The maximum atomic E-state index is 11.4. The molecule has 2 aromatic rings. The van der Waals surface area contributed by atoms with Gasteiger partial charge in [0, 0.05) is 43.7 Å². The van der Waals surface area contributed by atoms with Crippen LogP contribution < -0.4 is 10.1 Å². The van der Waals surface area contributed by atoms with Crippen LogP contribution in [0.3, 0.4) is 0 Å². The zero-order valence-corrected chi connectivity index (χ0v) is 16.2. The van der Waals surface area contributed by atoms with Crippen LogP contribution in [0.15, 0.2) is 6.07 Å². The maximum Gasteiger partial charge on any atom is 0.220 e. The summed E-state index contributed by atoms with van der Waals surface area (Å²) in [6, 6.07) is 2.09. The standard InChI is InChI=1S/C19H26N6O2/c1-4-18(26)20-9-14-7-15-10-24(5-6-25(15)23-14)11-16-8-17-12(2)21-13(3)22-19(17)27-16/h7,16H,4-6,8-11H2,1-3H3,(H,20,26)/t16-/m1/s1. The normalized spacial score (nSPS) is 18.7. The van der Waals surface area contributed by atoms with Crippen molar-refractivity contribution in [2.24, 2.45) is 0 Å². The van der Waals surface area contributed by atoms with Gasteiger partial charge in [-0.25, -0.2) is 4.98 Å². The number of aryl methyl sites for hydroxylation is 2. The van der Waals surface area contributed by atoms with Gasteiger partial charge in [-0.3, -0.25) is 14.4 Å². The zero-order chi connectivity index (χ0) is 19.0. The molecule has 0 saturated heterocycles. The van der Waals surface area contributed by atoms with E-state index in [1.165, 1.54) is 5.69 Å². The Morgan fingerprint density at radius 1 is 1.33 bits per heavy atom. The summed E-state index contributed by atoms with van der Waals surface area (Å²) in [4.78, 5) is 22.7. The van der Waals surface area contributed by atoms with Gasteiger partial charge in [-0.05, 0) is 19.9 Å². The highest BCUT2D eigenvalue weighted by Crippen LogP contribution is 2.29. The van der Waals surface area contributed by atoms with E-state index in [4.69, 9.17) is 4.74 Å². The van der Waals surface area contributed by atoms with Crippen LogP contribution in [0, 0.1) is 13.8 Å². The molecule has 8 heteroatoms. The van der Waals surface area contributed by atoms with Crippen LogP contribution in [0.5, 0.6) is 5.88 Å². The van der Waals surface area contributed by atoms with Gasteiger partial charge in [-0.2, -0.15) is 10.1 Å². The lowest BCUT2D eigenvalue weighted by Crippen LogP contribution is -2.40. The Hall–Kier alpha value is -2.48. The highest BCUT2D eigenvalue weighted by atomic mass is 16.5. The monoisotopic (exact) mass is 370 g/mol. The van der Waals surface area contributed by atoms with E-state index in [9.17, 15) is 4.79 Å². The van der Waals surface area contributed by atoms with Gasteiger partial charge < -0.3 is 10.1 Å². The predicted molar refractivity (Wildman–Crippen MR) is 99.3 cm³/mol. The average molecular weight is 370 g/mol. The van der Waals surface area contributed by atoms with Crippen LogP contribution in [-0.2, 0) is 30.8 Å². The molecule has 27 heavy (non-hydrogen) atoms. The van der Waals surface area contributed by atoms with Crippen LogP contribution in [0.25, 0.3) is 0 Å². The van der Waals surface area contributed by atoms with Crippen LogP contribution in [0.1, 0.15) is 41.8 Å². The zero-order valence-electron chi connectivity index (χ0n) is 16.2. The third-order valence-corrected chi connectivity index (χ3v) is 5.18. The van der Waals surface area contributed by atoms with Crippen LogP contribution >= 0.6 is 0 Å². The van der Waals surface area contributed by atoms with Crippen molar-refractivity contribution in [1.29, 1.82) is 0 Å². The maximum absolute atomic E-state index is 11.4. The number of carbonyl (C=O) groups excluding carboxylic acids is 1. The fourth-order valence-electron chi connectivity index (χ4n) is 3.79. The fourth-order valence-corrected chi connectivity index (χ4v) is 3.79. The molecule has 0 bridgehead atoms. The van der Waals surface area contributed by atoms with Gasteiger partial charge in [-0.1, -0.05) is 6.92 Å². The molecule has 1 atom stereocenters. The molecule has 2 aliphatic rings. The van der Waals surface area contributed by atoms with Crippen molar-refractivity contribution < 1.29 is 9.53 Å². The number of hydrogen-bond donors (Lipinski definition) is 1. The highest BCUT2D eigenvalue weighted by Gasteiger charge is 2.30. The molecule has 2 aromatic heterocycles. The lowest BCUT2D eigenvalue weighted by atomic mass is 10.1. The van der Waals surface area contributed by atoms with Gasteiger partial charge in [0.05, 0.1) is 24.5 Å². The van der Waals surface area contributed by atoms with E-state index in [0.29, 0.717) is 13.0 Å². The Morgan fingerprint density at radius 3 is 3.00 bits per heavy atom. The fraction of sp³-hybridized carbons (Fsp3) is 0.579. The Bertz CT molecular complexity index is 862. The molecule has 144 valence electrons. The topological polar surface area (TPSA) is 85.2 Å². The number of ether oxygens (including phenoxy) is 1. The highest BCUT2D eigenvalue weighted by molar-refractivity contribution is 5.75. The molecule has 4 heterocycles. The molecule has 2 aliphatic heterocycles. The molecular weight excluding hydrogens is 344 g/mol. The molecular formula is C19H26N6O2. The molecule has 0 fully saturated rings. The Labute approximate surface area is 158 Å². The molecule has 8 nitrogen and oxygen atoms in total. The van der Waals surface area contributed by atoms with Crippen molar-refractivity contribution >= 4 is 5.91 Å². The molecule has 1 amide bonds. The van der Waals surface area contributed by atoms with Gasteiger partial charge >= 0.3 is 0 Å². The number of fused-ring (bicyclic) bond motifs is 2. The minimum atomic E-state index is 0.0502. The lowest BCUT2D eigenvalue weighted by Gasteiger charge is -2.29. The number of amides is 1. The Kier molecular flexibility index (Phi) is 4.82. The summed E-state index contributed by atoms with van der Waals surface area (Å²) in [6.45, 7) is 9.77. The van der Waals surface area contributed by atoms with E-state index in [1.54, 1.807) is 0 Å². The molecule has 0 aromatic carbocycles. The molecule has 0 unspecified atom stereocenters. The summed E-state index contributed by atoms with van der Waals surface area (Å²) >= 11 is 0. The van der Waals surface area contributed by atoms with Gasteiger partial charge in [0.2, 0.25) is 11.8 Å². The van der Waals surface area contributed by atoms with Crippen molar-refractivity contribution in [3.63, 3.8) is 0 Å². The van der Waals surface area contributed by atoms with E-state index in [0.717, 1.165) is 61.3 Å². The van der Waals surface area contributed by atoms with Gasteiger partial charge in [0.1, 0.15) is 11.9 Å². The van der Waals surface area contributed by atoms with Crippen molar-refractivity contribution in [2.45, 2.75) is 59.4 Å². The Morgan fingerprint density at radius 2 is 2.19 bits per heavy atom. The predicted octanol–water partition coefficient (Wildman–Crippen LogP) is 1.14. The third kappa shape index (κ3) is 3.80. The first-order valence-electron chi connectivity index (χ1n) is 9.57. The van der Waals surface area contributed by atoms with Crippen molar-refractivity contribution in [3.8, 4) is 5.88 Å².